The molecule has 0 unspecified atom stereocenters. The van der Waals surface area contributed by atoms with Gasteiger partial charge in [0.2, 0.25) is 0 Å². The summed E-state index contributed by atoms with van der Waals surface area (Å²) in [6, 6.07) is 0. The lowest BCUT2D eigenvalue weighted by atomic mass is 10.4. The average molecular weight is 171 g/mol. The van der Waals surface area contributed by atoms with Crippen molar-refractivity contribution in [3.8, 4) is 0 Å². The Labute approximate surface area is 68.4 Å². The van der Waals surface area contributed by atoms with Crippen molar-refractivity contribution in [3.05, 3.63) is 11.2 Å². The Hall–Kier alpha value is -1.10. The molecule has 0 aliphatic carbocycles. The van der Waals surface area contributed by atoms with Gasteiger partial charge < -0.3 is 11.1 Å². The zero-order chi connectivity index (χ0) is 8.27. The highest BCUT2D eigenvalue weighted by atomic mass is 32.1. The van der Waals surface area contributed by atoms with E-state index in [4.69, 9.17) is 5.73 Å². The molecule has 60 valence electrons. The summed E-state index contributed by atoms with van der Waals surface area (Å²) in [5.41, 5.74) is 7.35. The molecule has 3 N–H and O–H groups in total. The van der Waals surface area contributed by atoms with Crippen LogP contribution in [-0.4, -0.2) is 17.4 Å². The van der Waals surface area contributed by atoms with Gasteiger partial charge in [-0.25, -0.2) is 4.98 Å². The van der Waals surface area contributed by atoms with E-state index < -0.39 is 0 Å². The van der Waals surface area contributed by atoms with Gasteiger partial charge in [-0.1, -0.05) is 0 Å². The number of aromatic nitrogens is 1. The SMILES string of the molecule is CCNC(=O)c1ncsc1N. The first-order valence-electron chi connectivity index (χ1n) is 3.23. The summed E-state index contributed by atoms with van der Waals surface area (Å²) in [7, 11) is 0. The Morgan fingerprint density at radius 3 is 3.09 bits per heavy atom. The lowest BCUT2D eigenvalue weighted by molar-refractivity contribution is 0.0952. The van der Waals surface area contributed by atoms with Gasteiger partial charge in [0.05, 0.1) is 5.51 Å². The summed E-state index contributed by atoms with van der Waals surface area (Å²) >= 11 is 1.26. The van der Waals surface area contributed by atoms with E-state index in [0.717, 1.165) is 0 Å². The van der Waals surface area contributed by atoms with E-state index in [9.17, 15) is 4.79 Å². The molecular formula is C6H9N3OS. The number of nitrogens with one attached hydrogen (secondary N) is 1. The van der Waals surface area contributed by atoms with Gasteiger partial charge in [-0.2, -0.15) is 0 Å². The van der Waals surface area contributed by atoms with Crippen LogP contribution in [0.2, 0.25) is 0 Å². The summed E-state index contributed by atoms with van der Waals surface area (Å²) < 4.78 is 0. The van der Waals surface area contributed by atoms with Gasteiger partial charge in [0.15, 0.2) is 5.69 Å². The van der Waals surface area contributed by atoms with Gasteiger partial charge in [-0.3, -0.25) is 4.79 Å². The minimum absolute atomic E-state index is 0.203. The van der Waals surface area contributed by atoms with Crippen LogP contribution in [0.3, 0.4) is 0 Å². The molecule has 1 amide bonds. The van der Waals surface area contributed by atoms with Crippen molar-refractivity contribution < 1.29 is 4.79 Å². The standard InChI is InChI=1S/C6H9N3OS/c1-2-8-6(10)4-5(7)11-3-9-4/h3H,2,7H2,1H3,(H,8,10). The fourth-order valence-corrected chi connectivity index (χ4v) is 1.20. The number of hydrogen-bond donors (Lipinski definition) is 2. The Balaban J connectivity index is 2.76. The van der Waals surface area contributed by atoms with Crippen LogP contribution in [-0.2, 0) is 0 Å². The van der Waals surface area contributed by atoms with Crippen LogP contribution < -0.4 is 11.1 Å². The number of hydrogen-bond acceptors (Lipinski definition) is 4. The predicted octanol–water partition coefficient (Wildman–Crippen LogP) is 0.475. The highest BCUT2D eigenvalue weighted by Crippen LogP contribution is 2.14. The fraction of sp³-hybridized carbons (Fsp3) is 0.333. The zero-order valence-electron chi connectivity index (χ0n) is 6.13. The molecule has 0 fully saturated rings. The van der Waals surface area contributed by atoms with Crippen LogP contribution in [0.25, 0.3) is 0 Å². The van der Waals surface area contributed by atoms with Crippen molar-refractivity contribution >= 4 is 22.2 Å². The lowest BCUT2D eigenvalue weighted by Gasteiger charge is -1.97. The molecular weight excluding hydrogens is 162 g/mol. The van der Waals surface area contributed by atoms with Gasteiger partial charge in [0, 0.05) is 6.54 Å². The Morgan fingerprint density at radius 1 is 1.91 bits per heavy atom. The van der Waals surface area contributed by atoms with Gasteiger partial charge in [0.25, 0.3) is 5.91 Å². The predicted molar refractivity (Wildman–Crippen MR) is 44.5 cm³/mol. The topological polar surface area (TPSA) is 68.0 Å². The van der Waals surface area contributed by atoms with Crippen LogP contribution in [0.5, 0.6) is 0 Å². The van der Waals surface area contributed by atoms with Gasteiger partial charge in [0.1, 0.15) is 5.00 Å². The van der Waals surface area contributed by atoms with E-state index in [1.54, 1.807) is 5.51 Å². The molecule has 0 aliphatic rings. The molecule has 0 saturated heterocycles. The van der Waals surface area contributed by atoms with E-state index in [1.165, 1.54) is 11.3 Å². The number of amides is 1. The van der Waals surface area contributed by atoms with Crippen molar-refractivity contribution in [2.45, 2.75) is 6.92 Å². The van der Waals surface area contributed by atoms with Crippen molar-refractivity contribution in [1.29, 1.82) is 0 Å². The molecule has 0 radical (unpaired) electrons. The zero-order valence-corrected chi connectivity index (χ0v) is 6.94. The molecule has 5 heteroatoms. The molecule has 0 saturated carbocycles. The Morgan fingerprint density at radius 2 is 2.64 bits per heavy atom. The summed E-state index contributed by atoms with van der Waals surface area (Å²) in [4.78, 5) is 14.9. The monoisotopic (exact) mass is 171 g/mol. The van der Waals surface area contributed by atoms with Crippen LogP contribution in [0.15, 0.2) is 5.51 Å². The average Bonchev–Trinajstić information content (AvgIpc) is 2.36. The first-order chi connectivity index (χ1) is 5.25. The Bertz CT molecular complexity index is 258. The maximum absolute atomic E-state index is 11.1. The second-order valence-corrected chi connectivity index (χ2v) is 2.81. The van der Waals surface area contributed by atoms with Crippen molar-refractivity contribution in [1.82, 2.24) is 10.3 Å². The molecule has 1 rings (SSSR count). The quantitative estimate of drug-likeness (QED) is 0.679. The second-order valence-electron chi connectivity index (χ2n) is 1.92. The summed E-state index contributed by atoms with van der Waals surface area (Å²) in [6.45, 7) is 2.44. The molecule has 0 aromatic carbocycles. The maximum atomic E-state index is 11.1. The van der Waals surface area contributed by atoms with E-state index in [1.807, 2.05) is 6.92 Å². The normalized spacial score (nSPS) is 9.55. The van der Waals surface area contributed by atoms with Crippen LogP contribution >= 0.6 is 11.3 Å². The van der Waals surface area contributed by atoms with Crippen LogP contribution in [0.1, 0.15) is 17.4 Å². The third-order valence-electron chi connectivity index (χ3n) is 1.15. The number of carbonyl (C=O) groups excluding carboxylic acids is 1. The van der Waals surface area contributed by atoms with E-state index >= 15 is 0 Å². The lowest BCUT2D eigenvalue weighted by Crippen LogP contribution is -2.23. The van der Waals surface area contributed by atoms with Gasteiger partial charge in [-0.05, 0) is 6.92 Å². The minimum Gasteiger partial charge on any atom is -0.389 e. The second kappa shape index (κ2) is 3.34. The number of nitrogens with two attached hydrogens (primary N) is 1. The molecule has 0 atom stereocenters. The molecule has 1 aromatic heterocycles. The van der Waals surface area contributed by atoms with Crippen molar-refractivity contribution in [2.75, 3.05) is 12.3 Å². The van der Waals surface area contributed by atoms with Crippen molar-refractivity contribution in [2.24, 2.45) is 0 Å². The molecule has 4 nitrogen and oxygen atoms in total. The van der Waals surface area contributed by atoms with E-state index in [2.05, 4.69) is 10.3 Å². The summed E-state index contributed by atoms with van der Waals surface area (Å²) in [5.74, 6) is -0.203. The van der Waals surface area contributed by atoms with Crippen molar-refractivity contribution in [3.63, 3.8) is 0 Å². The number of thiazole rings is 1. The third kappa shape index (κ3) is 1.68. The number of nitrogen functional groups attached to an aromatic ring is 1. The highest BCUT2D eigenvalue weighted by Gasteiger charge is 2.10. The number of carbonyl (C=O) groups is 1. The van der Waals surface area contributed by atoms with E-state index in [-0.39, 0.29) is 5.91 Å². The summed E-state index contributed by atoms with van der Waals surface area (Å²) in [6.07, 6.45) is 0. The summed E-state index contributed by atoms with van der Waals surface area (Å²) in [5, 5.41) is 3.08. The highest BCUT2D eigenvalue weighted by molar-refractivity contribution is 7.14. The molecule has 0 spiro atoms. The molecule has 1 heterocycles. The van der Waals surface area contributed by atoms with E-state index in [0.29, 0.717) is 17.2 Å². The number of nitrogens with zero attached hydrogens (tertiary/aromatic N) is 1. The molecule has 0 bridgehead atoms. The number of anilines is 1. The fourth-order valence-electron chi connectivity index (χ4n) is 0.670. The third-order valence-corrected chi connectivity index (χ3v) is 1.81. The first-order valence-corrected chi connectivity index (χ1v) is 4.10. The first kappa shape index (κ1) is 8.00. The van der Waals surface area contributed by atoms with Gasteiger partial charge in [-0.15, -0.1) is 11.3 Å². The van der Waals surface area contributed by atoms with Gasteiger partial charge >= 0.3 is 0 Å². The minimum atomic E-state index is -0.203. The molecule has 1 aromatic rings. The number of rotatable bonds is 2. The van der Waals surface area contributed by atoms with Crippen LogP contribution in [0, 0.1) is 0 Å². The molecule has 11 heavy (non-hydrogen) atoms. The maximum Gasteiger partial charge on any atom is 0.272 e. The Kier molecular flexibility index (Phi) is 2.43. The largest absolute Gasteiger partial charge is 0.389 e. The van der Waals surface area contributed by atoms with Crippen LogP contribution in [0.4, 0.5) is 5.00 Å². The smallest absolute Gasteiger partial charge is 0.272 e. The molecule has 0 aliphatic heterocycles.